The van der Waals surface area contributed by atoms with E-state index in [0.29, 0.717) is 40.5 Å². The molecule has 0 aromatic heterocycles. The number of aromatic hydroxyl groups is 2. The van der Waals surface area contributed by atoms with E-state index in [4.69, 9.17) is 5.26 Å². The molecule has 0 radical (unpaired) electrons. The third kappa shape index (κ3) is 2.50. The number of phenolic OH excluding ortho intramolecular Hbond substituents is 2. The van der Waals surface area contributed by atoms with E-state index in [1.54, 1.807) is 24.3 Å². The van der Waals surface area contributed by atoms with Crippen LogP contribution in [0.3, 0.4) is 0 Å². The molecule has 2 aromatic carbocycles. The third-order valence-corrected chi connectivity index (χ3v) is 5.91. The Balaban J connectivity index is 1.87. The van der Waals surface area contributed by atoms with E-state index in [2.05, 4.69) is 21.3 Å². The number of allylic oxidation sites excluding steroid dienone is 2. The van der Waals surface area contributed by atoms with Gasteiger partial charge in [0.15, 0.2) is 11.5 Å². The van der Waals surface area contributed by atoms with E-state index < -0.39 is 5.92 Å². The molecule has 7 nitrogen and oxygen atoms in total. The van der Waals surface area contributed by atoms with Gasteiger partial charge in [0, 0.05) is 29.2 Å². The zero-order valence-corrected chi connectivity index (χ0v) is 16.5. The van der Waals surface area contributed by atoms with E-state index in [9.17, 15) is 15.0 Å². The lowest BCUT2D eigenvalue weighted by Crippen LogP contribution is -2.34. The first-order valence-corrected chi connectivity index (χ1v) is 9.64. The van der Waals surface area contributed by atoms with Crippen molar-refractivity contribution >= 4 is 17.7 Å². The van der Waals surface area contributed by atoms with Crippen LogP contribution in [0.25, 0.3) is 6.20 Å². The van der Waals surface area contributed by atoms with E-state index >= 15 is 0 Å². The summed E-state index contributed by atoms with van der Waals surface area (Å²) < 4.78 is 0. The molecule has 2 heterocycles. The molecule has 2 aliphatic heterocycles. The van der Waals surface area contributed by atoms with Gasteiger partial charge in [0.05, 0.1) is 23.1 Å². The van der Waals surface area contributed by atoms with Crippen molar-refractivity contribution in [1.82, 2.24) is 0 Å². The Morgan fingerprint density at radius 1 is 1.13 bits per heavy atom. The van der Waals surface area contributed by atoms with Crippen molar-refractivity contribution in [3.05, 3.63) is 62.8 Å². The van der Waals surface area contributed by atoms with Gasteiger partial charge in [0.2, 0.25) is 0 Å². The van der Waals surface area contributed by atoms with Crippen molar-refractivity contribution in [3.8, 4) is 17.6 Å². The van der Waals surface area contributed by atoms with Gasteiger partial charge in [-0.05, 0) is 29.5 Å². The summed E-state index contributed by atoms with van der Waals surface area (Å²) in [5.41, 5.74) is 2.68. The molecule has 0 spiro atoms. The quantitative estimate of drug-likeness (QED) is 0.717. The second-order valence-electron chi connectivity index (χ2n) is 8.65. The first-order chi connectivity index (χ1) is 14.3. The molecule has 0 saturated carbocycles. The lowest BCUT2D eigenvalue weighted by molar-refractivity contribution is -0.118. The molecule has 1 unspecified atom stereocenters. The van der Waals surface area contributed by atoms with Gasteiger partial charge in [-0.1, -0.05) is 26.0 Å². The molecule has 5 rings (SSSR count). The van der Waals surface area contributed by atoms with Crippen molar-refractivity contribution in [2.45, 2.75) is 32.6 Å². The average Bonchev–Trinajstić information content (AvgIpc) is 3.20. The summed E-state index contributed by atoms with van der Waals surface area (Å²) in [6.07, 6.45) is 2.33. The van der Waals surface area contributed by atoms with Crippen LogP contribution >= 0.6 is 0 Å². The van der Waals surface area contributed by atoms with Gasteiger partial charge in [0.25, 0.3) is 0 Å². The lowest BCUT2D eigenvalue weighted by Gasteiger charge is -2.36. The molecule has 0 fully saturated rings. The maximum atomic E-state index is 13.2. The summed E-state index contributed by atoms with van der Waals surface area (Å²) in [5.74, 6) is -0.877. The molecule has 1 atom stereocenters. The molecule has 2 N–H and O–H groups in total. The number of ketones is 1. The van der Waals surface area contributed by atoms with E-state index in [-0.39, 0.29) is 33.7 Å². The van der Waals surface area contributed by atoms with E-state index in [1.165, 1.54) is 6.20 Å². The van der Waals surface area contributed by atoms with Crippen LogP contribution in [0.1, 0.15) is 49.3 Å². The van der Waals surface area contributed by atoms with Crippen LogP contribution in [0.5, 0.6) is 11.5 Å². The second-order valence-corrected chi connectivity index (χ2v) is 8.65. The molecule has 148 valence electrons. The maximum Gasteiger partial charge on any atom is 0.170 e. The predicted octanol–water partition coefficient (Wildman–Crippen LogP) is 3.21. The number of phenols is 2. The summed E-state index contributed by atoms with van der Waals surface area (Å²) in [6.45, 7) is 4.03. The number of carbonyl (C=O) groups is 1. The minimum atomic E-state index is -0.603. The van der Waals surface area contributed by atoms with Gasteiger partial charge in [-0.25, -0.2) is 4.99 Å². The van der Waals surface area contributed by atoms with Gasteiger partial charge >= 0.3 is 0 Å². The molecule has 30 heavy (non-hydrogen) atoms. The van der Waals surface area contributed by atoms with Crippen LogP contribution in [-0.2, 0) is 4.79 Å². The Bertz CT molecular complexity index is 1360. The molecule has 1 aliphatic carbocycles. The average molecular weight is 398 g/mol. The summed E-state index contributed by atoms with van der Waals surface area (Å²) in [6, 6.07) is 9.00. The highest BCUT2D eigenvalue weighted by molar-refractivity contribution is 6.00. The Hall–Kier alpha value is -3.79. The van der Waals surface area contributed by atoms with Crippen molar-refractivity contribution in [2.75, 3.05) is 0 Å². The maximum absolute atomic E-state index is 13.2. The van der Waals surface area contributed by atoms with Crippen LogP contribution in [0.15, 0.2) is 50.8 Å². The third-order valence-electron chi connectivity index (χ3n) is 5.91. The number of benzene rings is 2. The number of Topliss-reactive ketones (excluding diaryl/α,β-unsaturated/α-hetero) is 1. The minimum absolute atomic E-state index is 0.0252. The number of nitrogens with zero attached hydrogens (tertiary/aromatic N) is 4. The molecule has 7 heteroatoms. The highest BCUT2D eigenvalue weighted by Gasteiger charge is 2.41. The highest BCUT2D eigenvalue weighted by atomic mass is 16.3. The van der Waals surface area contributed by atoms with Gasteiger partial charge < -0.3 is 10.2 Å². The zero-order chi connectivity index (χ0) is 21.2. The summed E-state index contributed by atoms with van der Waals surface area (Å²) in [7, 11) is 0. The first-order valence-electron chi connectivity index (χ1n) is 9.64. The van der Waals surface area contributed by atoms with Gasteiger partial charge in [-0.2, -0.15) is 10.4 Å². The number of azo groups is 1. The van der Waals surface area contributed by atoms with Crippen LogP contribution in [0.4, 0.5) is 5.69 Å². The van der Waals surface area contributed by atoms with Gasteiger partial charge in [-0.15, -0.1) is 5.11 Å². The number of fused-ring (bicyclic) bond motifs is 2. The molecule has 2 aromatic rings. The predicted molar refractivity (Wildman–Crippen MR) is 108 cm³/mol. The molecular weight excluding hydrogens is 380 g/mol. The van der Waals surface area contributed by atoms with Crippen molar-refractivity contribution in [1.29, 1.82) is 5.26 Å². The number of hydrogen-bond acceptors (Lipinski definition) is 7. The highest BCUT2D eigenvalue weighted by Crippen LogP contribution is 2.47. The van der Waals surface area contributed by atoms with E-state index in [0.717, 1.165) is 5.56 Å². The molecule has 0 saturated heterocycles. The Morgan fingerprint density at radius 2 is 1.87 bits per heavy atom. The van der Waals surface area contributed by atoms with Crippen LogP contribution in [0, 0.1) is 16.7 Å². The van der Waals surface area contributed by atoms with Crippen molar-refractivity contribution in [2.24, 2.45) is 20.6 Å². The van der Waals surface area contributed by atoms with Crippen LogP contribution < -0.4 is 10.6 Å². The van der Waals surface area contributed by atoms with Gasteiger partial charge in [-0.3, -0.25) is 4.79 Å². The molecule has 3 aliphatic rings. The Kier molecular flexibility index (Phi) is 3.71. The fourth-order valence-corrected chi connectivity index (χ4v) is 4.58. The number of rotatable bonds is 1. The van der Waals surface area contributed by atoms with Crippen molar-refractivity contribution < 1.29 is 15.0 Å². The van der Waals surface area contributed by atoms with Crippen molar-refractivity contribution in [3.63, 3.8) is 0 Å². The smallest absolute Gasteiger partial charge is 0.170 e. The molecule has 0 amide bonds. The normalized spacial score (nSPS) is 20.6. The number of hydrogen-bond donors (Lipinski definition) is 2. The number of carbonyl (C=O) groups excluding carboxylic acids is 1. The topological polar surface area (TPSA) is 118 Å². The molecule has 0 bridgehead atoms. The first kappa shape index (κ1) is 18.3. The van der Waals surface area contributed by atoms with Crippen LogP contribution in [0.2, 0.25) is 0 Å². The zero-order valence-electron chi connectivity index (χ0n) is 16.5. The lowest BCUT2D eigenvalue weighted by atomic mass is 9.69. The summed E-state index contributed by atoms with van der Waals surface area (Å²) >= 11 is 0. The largest absolute Gasteiger partial charge is 0.507 e. The van der Waals surface area contributed by atoms with E-state index in [1.807, 2.05) is 13.8 Å². The second kappa shape index (κ2) is 6.10. The Morgan fingerprint density at radius 3 is 2.57 bits per heavy atom. The molecular formula is C23H18N4O3. The Labute approximate surface area is 172 Å². The summed E-state index contributed by atoms with van der Waals surface area (Å²) in [4.78, 5) is 17.9. The fraction of sp³-hybridized carbons (Fsp3) is 0.261. The van der Waals surface area contributed by atoms with Crippen LogP contribution in [-0.4, -0.2) is 16.0 Å². The SMILES string of the molecule is CC1(C)CC(=O)C2=C(C1)N=c1c(O)c3c(c(O)c1C2c1ccc(C#N)cc1)=CN=N3. The fourth-order valence-electron chi connectivity index (χ4n) is 4.58. The minimum Gasteiger partial charge on any atom is -0.507 e. The standard InChI is InChI=1S/C23H18N4O3/c1-23(2)7-14-17(15(28)8-23)16(12-5-3-11(9-24)4-6-12)18-20(26-14)22(30)19-13(21(18)29)10-25-27-19/h3-6,10,16,29-30H,7-8H2,1-2H3. The monoisotopic (exact) mass is 398 g/mol. The van der Waals surface area contributed by atoms with Gasteiger partial charge in [0.1, 0.15) is 16.8 Å². The summed E-state index contributed by atoms with van der Waals surface area (Å²) in [5, 5.41) is 39.4. The number of nitriles is 1.